The van der Waals surface area contributed by atoms with Crippen molar-refractivity contribution < 1.29 is 16.5 Å². The van der Waals surface area contributed by atoms with Crippen LogP contribution in [0.5, 0.6) is 5.75 Å². The molecule has 0 aliphatic rings. The average molecular weight is 230 g/mol. The summed E-state index contributed by atoms with van der Waals surface area (Å²) in [6.45, 7) is 0. The van der Waals surface area contributed by atoms with E-state index in [-0.39, 0.29) is 5.75 Å². The number of hydrogen-bond acceptors (Lipinski definition) is 4. The highest BCUT2D eigenvalue weighted by Crippen LogP contribution is 2.24. The molecule has 1 aromatic heterocycles. The Morgan fingerprint density at radius 1 is 1.47 bits per heavy atom. The van der Waals surface area contributed by atoms with Crippen LogP contribution in [0.25, 0.3) is 11.0 Å². The van der Waals surface area contributed by atoms with Gasteiger partial charge in [0.25, 0.3) is 0 Å². The van der Waals surface area contributed by atoms with Crippen LogP contribution < -0.4 is 4.18 Å². The van der Waals surface area contributed by atoms with E-state index in [1.54, 1.807) is 23.7 Å². The number of hydrogen-bond donors (Lipinski definition) is 0. The predicted molar refractivity (Wildman–Crippen MR) is 51.4 cm³/mol. The van der Waals surface area contributed by atoms with Gasteiger partial charge in [0.05, 0.1) is 11.8 Å². The smallest absolute Gasteiger partial charge is 0.356 e. The lowest BCUT2D eigenvalue weighted by Gasteiger charge is -2.00. The van der Waals surface area contributed by atoms with Crippen molar-refractivity contribution in [1.29, 1.82) is 0 Å². The number of benzene rings is 1. The molecule has 1 heterocycles. The molecule has 0 bridgehead atoms. The van der Waals surface area contributed by atoms with Gasteiger partial charge in [-0.15, -0.1) is 0 Å². The normalized spacial score (nSPS) is 11.9. The van der Waals surface area contributed by atoms with E-state index in [2.05, 4.69) is 9.17 Å². The summed E-state index contributed by atoms with van der Waals surface area (Å²) in [5.41, 5.74) is 0.970. The number of para-hydroxylation sites is 1. The molecule has 0 amide bonds. The number of fused-ring (bicyclic) bond motifs is 1. The average Bonchev–Trinajstić information content (AvgIpc) is 2.47. The monoisotopic (exact) mass is 230 g/mol. The summed E-state index contributed by atoms with van der Waals surface area (Å²) < 4.78 is 38.8. The van der Waals surface area contributed by atoms with Crippen LogP contribution >= 0.6 is 0 Å². The van der Waals surface area contributed by atoms with Crippen molar-refractivity contribution in [2.45, 2.75) is 0 Å². The number of halogens is 1. The lowest BCUT2D eigenvalue weighted by molar-refractivity contribution is 0.442. The van der Waals surface area contributed by atoms with Gasteiger partial charge < -0.3 is 8.75 Å². The zero-order chi connectivity index (χ0) is 11.1. The van der Waals surface area contributed by atoms with E-state index in [1.807, 2.05) is 0 Å². The van der Waals surface area contributed by atoms with Gasteiger partial charge in [-0.3, -0.25) is 0 Å². The minimum Gasteiger partial charge on any atom is -0.356 e. The summed E-state index contributed by atoms with van der Waals surface area (Å²) in [5.74, 6) is -0.115. The molecule has 0 saturated heterocycles. The SMILES string of the molecule is Cn1cnc2c(OS(=O)(=O)F)cccc21. The molecule has 0 fully saturated rings. The third-order valence-electron chi connectivity index (χ3n) is 1.91. The van der Waals surface area contributed by atoms with E-state index < -0.39 is 10.5 Å². The third kappa shape index (κ3) is 1.91. The Bertz CT molecular complexity index is 605. The second-order valence-corrected chi connectivity index (χ2v) is 3.91. The highest BCUT2D eigenvalue weighted by molar-refractivity contribution is 7.81. The topological polar surface area (TPSA) is 61.2 Å². The first-order valence-corrected chi connectivity index (χ1v) is 5.32. The van der Waals surface area contributed by atoms with Crippen molar-refractivity contribution in [3.63, 3.8) is 0 Å². The molecular weight excluding hydrogens is 223 g/mol. The zero-order valence-electron chi connectivity index (χ0n) is 7.71. The Morgan fingerprint density at radius 2 is 2.20 bits per heavy atom. The number of nitrogens with zero attached hydrogens (tertiary/aromatic N) is 2. The van der Waals surface area contributed by atoms with Crippen molar-refractivity contribution in [3.8, 4) is 5.75 Å². The molecular formula is C8H7FN2O3S. The number of aromatic nitrogens is 2. The van der Waals surface area contributed by atoms with Gasteiger partial charge in [-0.2, -0.15) is 8.42 Å². The lowest BCUT2D eigenvalue weighted by Crippen LogP contribution is -2.01. The number of rotatable bonds is 2. The molecule has 0 radical (unpaired) electrons. The van der Waals surface area contributed by atoms with Crippen LogP contribution in [-0.2, 0) is 17.6 Å². The summed E-state index contributed by atoms with van der Waals surface area (Å²) in [7, 11) is -3.27. The maximum atomic E-state index is 12.3. The molecule has 0 aliphatic heterocycles. The fourth-order valence-electron chi connectivity index (χ4n) is 1.31. The summed E-state index contributed by atoms with van der Waals surface area (Å²) in [5, 5.41) is 0. The molecule has 0 spiro atoms. The van der Waals surface area contributed by atoms with Gasteiger partial charge in [0.15, 0.2) is 5.75 Å². The first-order valence-electron chi connectivity index (χ1n) is 4.01. The molecule has 2 aromatic rings. The fourth-order valence-corrected chi connectivity index (χ4v) is 1.66. The van der Waals surface area contributed by atoms with Crippen LogP contribution in [0.2, 0.25) is 0 Å². The van der Waals surface area contributed by atoms with Gasteiger partial charge in [0.2, 0.25) is 0 Å². The van der Waals surface area contributed by atoms with E-state index in [4.69, 9.17) is 0 Å². The van der Waals surface area contributed by atoms with E-state index in [9.17, 15) is 12.3 Å². The molecule has 7 heteroatoms. The lowest BCUT2D eigenvalue weighted by atomic mass is 10.3. The largest absolute Gasteiger partial charge is 0.488 e. The standard InChI is InChI=1S/C8H7FN2O3S/c1-11-5-10-8-6(11)3-2-4-7(8)14-15(9,12)13/h2-5H,1H3. The second-order valence-electron chi connectivity index (χ2n) is 2.96. The Balaban J connectivity index is 2.62. The van der Waals surface area contributed by atoms with Crippen molar-refractivity contribution in [1.82, 2.24) is 9.55 Å². The van der Waals surface area contributed by atoms with Crippen LogP contribution in [0.1, 0.15) is 0 Å². The van der Waals surface area contributed by atoms with Gasteiger partial charge in [-0.1, -0.05) is 9.95 Å². The van der Waals surface area contributed by atoms with Crippen LogP contribution in [0.15, 0.2) is 24.5 Å². The molecule has 0 unspecified atom stereocenters. The second kappa shape index (κ2) is 3.20. The molecule has 0 atom stereocenters. The van der Waals surface area contributed by atoms with Gasteiger partial charge >= 0.3 is 10.5 Å². The highest BCUT2D eigenvalue weighted by Gasteiger charge is 2.14. The summed E-state index contributed by atoms with van der Waals surface area (Å²) in [6, 6.07) is 4.62. The van der Waals surface area contributed by atoms with Crippen molar-refractivity contribution >= 4 is 21.5 Å². The van der Waals surface area contributed by atoms with Crippen molar-refractivity contribution in [2.75, 3.05) is 0 Å². The summed E-state index contributed by atoms with van der Waals surface area (Å²) >= 11 is 0. The number of aryl methyl sites for hydroxylation is 1. The first kappa shape index (κ1) is 9.91. The minimum atomic E-state index is -5.01. The van der Waals surface area contributed by atoms with Crippen LogP contribution in [0.3, 0.4) is 0 Å². The van der Waals surface area contributed by atoms with E-state index in [0.29, 0.717) is 11.0 Å². The Hall–Kier alpha value is -1.63. The first-order chi connectivity index (χ1) is 6.97. The van der Waals surface area contributed by atoms with Gasteiger partial charge in [-0.25, -0.2) is 4.98 Å². The molecule has 0 N–H and O–H groups in total. The minimum absolute atomic E-state index is 0.115. The maximum Gasteiger partial charge on any atom is 0.488 e. The van der Waals surface area contributed by atoms with Gasteiger partial charge in [0.1, 0.15) is 5.52 Å². The predicted octanol–water partition coefficient (Wildman–Crippen LogP) is 1.17. The molecule has 2 rings (SSSR count). The van der Waals surface area contributed by atoms with Gasteiger partial charge in [-0.05, 0) is 12.1 Å². The Labute approximate surface area is 85.5 Å². The van der Waals surface area contributed by atoms with Crippen LogP contribution in [0, 0.1) is 0 Å². The van der Waals surface area contributed by atoms with E-state index in [1.165, 1.54) is 12.4 Å². The van der Waals surface area contributed by atoms with Crippen molar-refractivity contribution in [3.05, 3.63) is 24.5 Å². The fraction of sp³-hybridized carbons (Fsp3) is 0.125. The van der Waals surface area contributed by atoms with Crippen LogP contribution in [-0.4, -0.2) is 18.0 Å². The van der Waals surface area contributed by atoms with E-state index >= 15 is 0 Å². The quantitative estimate of drug-likeness (QED) is 0.726. The summed E-state index contributed by atoms with van der Waals surface area (Å²) in [4.78, 5) is 3.91. The Morgan fingerprint density at radius 3 is 2.87 bits per heavy atom. The molecule has 0 aliphatic carbocycles. The number of imidazole rings is 1. The highest BCUT2D eigenvalue weighted by atomic mass is 32.3. The zero-order valence-corrected chi connectivity index (χ0v) is 8.53. The van der Waals surface area contributed by atoms with Crippen molar-refractivity contribution in [2.24, 2.45) is 7.05 Å². The molecule has 5 nitrogen and oxygen atoms in total. The third-order valence-corrected chi connectivity index (χ3v) is 2.29. The molecule has 0 saturated carbocycles. The van der Waals surface area contributed by atoms with Gasteiger partial charge in [0, 0.05) is 7.05 Å². The summed E-state index contributed by atoms with van der Waals surface area (Å²) in [6.07, 6.45) is 1.49. The Kier molecular flexibility index (Phi) is 2.11. The van der Waals surface area contributed by atoms with Crippen LogP contribution in [0.4, 0.5) is 3.89 Å². The van der Waals surface area contributed by atoms with E-state index in [0.717, 1.165) is 0 Å². The molecule has 1 aromatic carbocycles. The molecule has 80 valence electrons. The maximum absolute atomic E-state index is 12.3. The molecule has 15 heavy (non-hydrogen) atoms.